The van der Waals surface area contributed by atoms with Crippen molar-refractivity contribution in [3.8, 4) is 0 Å². The smallest absolute Gasteiger partial charge is 0.304 e. The van der Waals surface area contributed by atoms with Crippen molar-refractivity contribution in [2.45, 2.75) is 17.6 Å². The summed E-state index contributed by atoms with van der Waals surface area (Å²) in [5, 5.41) is 0.828. The van der Waals surface area contributed by atoms with Gasteiger partial charge in [0.2, 0.25) is 10.8 Å². The summed E-state index contributed by atoms with van der Waals surface area (Å²) in [4.78, 5) is 28.2. The van der Waals surface area contributed by atoms with Gasteiger partial charge in [0.15, 0.2) is 0 Å². The number of rotatable bonds is 3. The SMILES string of the molecule is O=C1CSC2(C(=O)N(Cc3ccc(Cl)cc3Cl)c3ccccc32)N1c1cccc(C(F)(F)F)c1. The Morgan fingerprint density at radius 3 is 2.47 bits per heavy atom. The zero-order chi connectivity index (χ0) is 24.3. The van der Waals surface area contributed by atoms with E-state index in [4.69, 9.17) is 23.2 Å². The van der Waals surface area contributed by atoms with Crippen molar-refractivity contribution < 1.29 is 22.8 Å². The molecule has 1 spiro atoms. The van der Waals surface area contributed by atoms with E-state index >= 15 is 0 Å². The van der Waals surface area contributed by atoms with E-state index in [0.29, 0.717) is 26.9 Å². The Kier molecular flexibility index (Phi) is 5.58. The molecular weight excluding hydrogens is 508 g/mol. The zero-order valence-electron chi connectivity index (χ0n) is 17.3. The summed E-state index contributed by atoms with van der Waals surface area (Å²) in [6, 6.07) is 16.4. The molecule has 174 valence electrons. The lowest BCUT2D eigenvalue weighted by Crippen LogP contribution is -2.49. The van der Waals surface area contributed by atoms with E-state index in [0.717, 1.165) is 23.9 Å². The molecule has 4 nitrogen and oxygen atoms in total. The number of thioether (sulfide) groups is 1. The summed E-state index contributed by atoms with van der Waals surface area (Å²) in [6.07, 6.45) is -4.59. The van der Waals surface area contributed by atoms with Gasteiger partial charge in [-0.2, -0.15) is 13.2 Å². The van der Waals surface area contributed by atoms with Crippen LogP contribution in [0.2, 0.25) is 10.0 Å². The van der Waals surface area contributed by atoms with Crippen LogP contribution in [0.25, 0.3) is 0 Å². The molecule has 1 unspecified atom stereocenters. The van der Waals surface area contributed by atoms with Gasteiger partial charge < -0.3 is 4.90 Å². The van der Waals surface area contributed by atoms with Crippen LogP contribution in [0, 0.1) is 0 Å². The van der Waals surface area contributed by atoms with Gasteiger partial charge in [0, 0.05) is 21.3 Å². The first-order valence-electron chi connectivity index (χ1n) is 10.1. The quantitative estimate of drug-likeness (QED) is 0.394. The molecule has 2 aliphatic rings. The second-order valence-electron chi connectivity index (χ2n) is 7.85. The van der Waals surface area contributed by atoms with E-state index in [1.54, 1.807) is 42.5 Å². The fourth-order valence-electron chi connectivity index (χ4n) is 4.35. The molecular formula is C24H15Cl2F3N2O2S. The predicted octanol–water partition coefficient (Wildman–Crippen LogP) is 6.49. The first kappa shape index (κ1) is 23.1. The van der Waals surface area contributed by atoms with E-state index in [2.05, 4.69) is 0 Å². The van der Waals surface area contributed by atoms with E-state index in [1.807, 2.05) is 0 Å². The Balaban J connectivity index is 1.63. The Hall–Kier alpha value is -2.68. The van der Waals surface area contributed by atoms with E-state index in [9.17, 15) is 22.8 Å². The number of para-hydroxylation sites is 1. The molecule has 3 aromatic carbocycles. The maximum Gasteiger partial charge on any atom is 0.416 e. The molecule has 10 heteroatoms. The lowest BCUT2D eigenvalue weighted by molar-refractivity contribution is -0.137. The van der Waals surface area contributed by atoms with Gasteiger partial charge in [-0.15, -0.1) is 11.8 Å². The van der Waals surface area contributed by atoms with Crippen LogP contribution < -0.4 is 9.80 Å². The highest BCUT2D eigenvalue weighted by Crippen LogP contribution is 2.56. The topological polar surface area (TPSA) is 40.6 Å². The first-order chi connectivity index (χ1) is 16.1. The third-order valence-electron chi connectivity index (χ3n) is 5.84. The van der Waals surface area contributed by atoms with Crippen LogP contribution in [0.4, 0.5) is 24.5 Å². The third-order valence-corrected chi connectivity index (χ3v) is 7.81. The molecule has 1 fully saturated rings. The molecule has 1 atom stereocenters. The van der Waals surface area contributed by atoms with Gasteiger partial charge in [0.1, 0.15) is 0 Å². The monoisotopic (exact) mass is 522 g/mol. The van der Waals surface area contributed by atoms with E-state index in [-0.39, 0.29) is 18.0 Å². The number of anilines is 2. The van der Waals surface area contributed by atoms with Crippen LogP contribution in [-0.4, -0.2) is 17.6 Å². The van der Waals surface area contributed by atoms with Crippen molar-refractivity contribution in [2.24, 2.45) is 0 Å². The van der Waals surface area contributed by atoms with E-state index < -0.39 is 28.4 Å². The highest BCUT2D eigenvalue weighted by atomic mass is 35.5. The highest BCUT2D eigenvalue weighted by molar-refractivity contribution is 8.02. The van der Waals surface area contributed by atoms with Crippen molar-refractivity contribution >= 4 is 58.2 Å². The number of halogens is 5. The molecule has 2 heterocycles. The number of hydrogen-bond acceptors (Lipinski definition) is 3. The molecule has 5 rings (SSSR count). The molecule has 3 aromatic rings. The summed E-state index contributed by atoms with van der Waals surface area (Å²) >= 11 is 13.4. The molecule has 0 saturated carbocycles. The minimum Gasteiger partial charge on any atom is -0.304 e. The molecule has 0 N–H and O–H groups in total. The average molecular weight is 523 g/mol. The molecule has 0 radical (unpaired) electrons. The number of hydrogen-bond donors (Lipinski definition) is 0. The van der Waals surface area contributed by atoms with Crippen LogP contribution in [0.15, 0.2) is 66.7 Å². The van der Waals surface area contributed by atoms with Crippen molar-refractivity contribution in [3.63, 3.8) is 0 Å². The summed E-state index contributed by atoms with van der Waals surface area (Å²) in [6.45, 7) is 0.110. The molecule has 34 heavy (non-hydrogen) atoms. The second kappa shape index (κ2) is 8.22. The molecule has 0 aromatic heterocycles. The largest absolute Gasteiger partial charge is 0.416 e. The Bertz CT molecular complexity index is 1330. The summed E-state index contributed by atoms with van der Waals surface area (Å²) < 4.78 is 40.2. The minimum atomic E-state index is -4.59. The fraction of sp³-hybridized carbons (Fsp3) is 0.167. The maximum absolute atomic E-state index is 14.0. The normalized spacial score (nSPS) is 19.9. The van der Waals surface area contributed by atoms with Gasteiger partial charge in [-0.25, -0.2) is 0 Å². The van der Waals surface area contributed by atoms with Gasteiger partial charge in [-0.05, 0) is 42.0 Å². The van der Waals surface area contributed by atoms with Crippen molar-refractivity contribution in [2.75, 3.05) is 15.6 Å². The number of fused-ring (bicyclic) bond motifs is 2. The lowest BCUT2D eigenvalue weighted by atomic mass is 10.0. The molecule has 0 aliphatic carbocycles. The first-order valence-corrected chi connectivity index (χ1v) is 11.9. The minimum absolute atomic E-state index is 0.0133. The number of amides is 2. The van der Waals surface area contributed by atoms with E-state index in [1.165, 1.54) is 21.9 Å². The van der Waals surface area contributed by atoms with Crippen molar-refractivity contribution in [1.29, 1.82) is 0 Å². The summed E-state index contributed by atoms with van der Waals surface area (Å²) in [5.74, 6) is -0.918. The van der Waals surface area contributed by atoms with Crippen molar-refractivity contribution in [1.82, 2.24) is 0 Å². The Labute approximate surface area is 207 Å². The van der Waals surface area contributed by atoms with Crippen molar-refractivity contribution in [3.05, 3.63) is 93.5 Å². The number of carbonyl (C=O) groups is 2. The number of nitrogens with zero attached hydrogens (tertiary/aromatic N) is 2. The Morgan fingerprint density at radius 1 is 0.971 bits per heavy atom. The maximum atomic E-state index is 14.0. The number of benzene rings is 3. The standard InChI is InChI=1S/C24H15Cl2F3N2O2S/c25-16-9-8-14(19(26)11-16)12-30-20-7-2-1-6-18(20)23(22(30)33)31(21(32)13-34-23)17-5-3-4-15(10-17)24(27,28)29/h1-11H,12-13H2. The van der Waals surface area contributed by atoms with Crippen LogP contribution in [0.3, 0.4) is 0 Å². The van der Waals surface area contributed by atoms with Gasteiger partial charge in [-0.1, -0.05) is 53.5 Å². The van der Waals surface area contributed by atoms with Gasteiger partial charge >= 0.3 is 6.18 Å². The third kappa shape index (κ3) is 3.56. The predicted molar refractivity (Wildman–Crippen MR) is 127 cm³/mol. The van der Waals surface area contributed by atoms with Gasteiger partial charge in [0.05, 0.1) is 23.5 Å². The lowest BCUT2D eigenvalue weighted by Gasteiger charge is -2.33. The fourth-order valence-corrected chi connectivity index (χ4v) is 6.18. The Morgan fingerprint density at radius 2 is 1.74 bits per heavy atom. The summed E-state index contributed by atoms with van der Waals surface area (Å²) in [5.41, 5.74) is 0.870. The van der Waals surface area contributed by atoms with Crippen LogP contribution >= 0.6 is 35.0 Å². The van der Waals surface area contributed by atoms with Gasteiger partial charge in [-0.3, -0.25) is 14.5 Å². The van der Waals surface area contributed by atoms with Crippen LogP contribution in [-0.2, 0) is 27.2 Å². The molecule has 0 bridgehead atoms. The molecule has 1 saturated heterocycles. The molecule has 2 aliphatic heterocycles. The molecule has 2 amide bonds. The zero-order valence-corrected chi connectivity index (χ0v) is 19.6. The van der Waals surface area contributed by atoms with Gasteiger partial charge in [0.25, 0.3) is 5.91 Å². The number of carbonyl (C=O) groups excluding carboxylic acids is 2. The van der Waals surface area contributed by atoms with Crippen LogP contribution in [0.1, 0.15) is 16.7 Å². The second-order valence-corrected chi connectivity index (χ2v) is 9.87. The number of alkyl halides is 3. The average Bonchev–Trinajstić information content (AvgIpc) is 3.26. The summed E-state index contributed by atoms with van der Waals surface area (Å²) in [7, 11) is 0. The van der Waals surface area contributed by atoms with Crippen LogP contribution in [0.5, 0.6) is 0 Å². The highest BCUT2D eigenvalue weighted by Gasteiger charge is 2.61.